The molecular formula is C28H37N. The molecule has 0 fully saturated rings. The van der Waals surface area contributed by atoms with Gasteiger partial charge in [-0.2, -0.15) is 5.26 Å². The van der Waals surface area contributed by atoms with E-state index in [1.807, 2.05) is 51.1 Å². The summed E-state index contributed by atoms with van der Waals surface area (Å²) >= 11 is 0. The van der Waals surface area contributed by atoms with Crippen LogP contribution in [0.5, 0.6) is 0 Å². The van der Waals surface area contributed by atoms with Crippen LogP contribution in [0.1, 0.15) is 55.5 Å². The van der Waals surface area contributed by atoms with E-state index in [0.29, 0.717) is 6.42 Å². The molecule has 0 spiro atoms. The highest BCUT2D eigenvalue weighted by Crippen LogP contribution is 2.04. The molecule has 29 heavy (non-hydrogen) atoms. The molecule has 3 aromatic carbocycles. The van der Waals surface area contributed by atoms with Gasteiger partial charge in [0.05, 0.1) is 12.5 Å². The Bertz CT molecular complexity index is 813. The third-order valence-corrected chi connectivity index (χ3v) is 4.11. The quantitative estimate of drug-likeness (QED) is 0.448. The van der Waals surface area contributed by atoms with Crippen molar-refractivity contribution in [1.29, 1.82) is 5.26 Å². The summed E-state index contributed by atoms with van der Waals surface area (Å²) in [6.45, 7) is 12.5. The van der Waals surface area contributed by atoms with Crippen LogP contribution in [-0.2, 0) is 19.3 Å². The Morgan fingerprint density at radius 3 is 1.45 bits per heavy atom. The fourth-order valence-electron chi connectivity index (χ4n) is 2.56. The minimum Gasteiger partial charge on any atom is -0.198 e. The standard InChI is InChI=1S/C9H9N.C9H12.C8H10.C2H6/c1-8-3-2-4-9(7-8)5-6-10;1-3-9-6-4-5-8(2)7-9;1-2-8-6-4-3-5-7-8;1-2/h2-4,7H,5H2,1H3;4-7H,3H2,1-2H3;3-7H,2H2,1H3;1-2H3. The number of benzene rings is 3. The summed E-state index contributed by atoms with van der Waals surface area (Å²) < 4.78 is 0. The maximum atomic E-state index is 8.36. The summed E-state index contributed by atoms with van der Waals surface area (Å²) in [5.41, 5.74) is 6.51. The van der Waals surface area contributed by atoms with Crippen LogP contribution in [0, 0.1) is 25.2 Å². The van der Waals surface area contributed by atoms with Crippen LogP contribution in [0.4, 0.5) is 0 Å². The molecule has 0 aliphatic heterocycles. The van der Waals surface area contributed by atoms with E-state index in [-0.39, 0.29) is 0 Å². The van der Waals surface area contributed by atoms with Crippen LogP contribution in [0.2, 0.25) is 0 Å². The van der Waals surface area contributed by atoms with Crippen molar-refractivity contribution >= 4 is 0 Å². The second-order valence-electron chi connectivity index (χ2n) is 6.51. The lowest BCUT2D eigenvalue weighted by atomic mass is 10.1. The van der Waals surface area contributed by atoms with Crippen LogP contribution in [0.3, 0.4) is 0 Å². The first-order chi connectivity index (χ1) is 14.1. The van der Waals surface area contributed by atoms with E-state index in [4.69, 9.17) is 5.26 Å². The van der Waals surface area contributed by atoms with Crippen LogP contribution in [-0.4, -0.2) is 0 Å². The van der Waals surface area contributed by atoms with Gasteiger partial charge < -0.3 is 0 Å². The zero-order valence-corrected chi connectivity index (χ0v) is 19.1. The predicted molar refractivity (Wildman–Crippen MR) is 128 cm³/mol. The van der Waals surface area contributed by atoms with E-state index in [9.17, 15) is 0 Å². The molecule has 0 heterocycles. The lowest BCUT2D eigenvalue weighted by Gasteiger charge is -1.95. The Morgan fingerprint density at radius 2 is 1.07 bits per heavy atom. The van der Waals surface area contributed by atoms with E-state index < -0.39 is 0 Å². The van der Waals surface area contributed by atoms with Gasteiger partial charge in [-0.1, -0.05) is 118 Å². The second-order valence-corrected chi connectivity index (χ2v) is 6.51. The number of hydrogen-bond acceptors (Lipinski definition) is 1. The van der Waals surface area contributed by atoms with Gasteiger partial charge in [-0.3, -0.25) is 0 Å². The molecule has 0 unspecified atom stereocenters. The van der Waals surface area contributed by atoms with Crippen molar-refractivity contribution in [3.05, 3.63) is 107 Å². The topological polar surface area (TPSA) is 23.8 Å². The molecule has 0 amide bonds. The van der Waals surface area contributed by atoms with Crippen LogP contribution in [0.15, 0.2) is 78.9 Å². The van der Waals surface area contributed by atoms with Crippen molar-refractivity contribution < 1.29 is 0 Å². The Kier molecular flexibility index (Phi) is 15.6. The zero-order valence-electron chi connectivity index (χ0n) is 19.1. The Morgan fingerprint density at radius 1 is 0.621 bits per heavy atom. The highest BCUT2D eigenvalue weighted by molar-refractivity contribution is 5.24. The Balaban J connectivity index is 0.000000390. The molecule has 0 saturated carbocycles. The molecule has 0 aliphatic carbocycles. The van der Waals surface area contributed by atoms with Gasteiger partial charge in [0.25, 0.3) is 0 Å². The van der Waals surface area contributed by atoms with Crippen LogP contribution >= 0.6 is 0 Å². The van der Waals surface area contributed by atoms with E-state index in [2.05, 4.69) is 75.4 Å². The van der Waals surface area contributed by atoms with E-state index in [0.717, 1.165) is 18.4 Å². The third-order valence-electron chi connectivity index (χ3n) is 4.11. The van der Waals surface area contributed by atoms with Crippen molar-refractivity contribution in [3.8, 4) is 6.07 Å². The van der Waals surface area contributed by atoms with Gasteiger partial charge in [-0.25, -0.2) is 0 Å². The number of nitrogens with zero attached hydrogens (tertiary/aromatic N) is 1. The fraction of sp³-hybridized carbons (Fsp3) is 0.321. The van der Waals surface area contributed by atoms with E-state index in [1.54, 1.807) is 0 Å². The molecule has 0 bridgehead atoms. The van der Waals surface area contributed by atoms with Gasteiger partial charge in [0.1, 0.15) is 0 Å². The van der Waals surface area contributed by atoms with Crippen molar-refractivity contribution in [3.63, 3.8) is 0 Å². The summed E-state index contributed by atoms with van der Waals surface area (Å²) in [4.78, 5) is 0. The van der Waals surface area contributed by atoms with E-state index in [1.165, 1.54) is 22.3 Å². The number of rotatable bonds is 3. The summed E-state index contributed by atoms with van der Waals surface area (Å²) in [5.74, 6) is 0. The lowest BCUT2D eigenvalue weighted by Crippen LogP contribution is -1.80. The van der Waals surface area contributed by atoms with Gasteiger partial charge in [-0.15, -0.1) is 0 Å². The molecule has 154 valence electrons. The molecule has 0 aliphatic rings. The SMILES string of the molecule is CC.CCc1cccc(C)c1.CCc1ccccc1.Cc1cccc(CC#N)c1. The minimum absolute atomic E-state index is 0.516. The van der Waals surface area contributed by atoms with Crippen molar-refractivity contribution in [2.45, 2.75) is 60.8 Å². The molecule has 0 aromatic heterocycles. The molecule has 0 atom stereocenters. The average molecular weight is 388 g/mol. The molecule has 0 radical (unpaired) electrons. The van der Waals surface area contributed by atoms with E-state index >= 15 is 0 Å². The smallest absolute Gasteiger partial charge is 0.0669 e. The fourth-order valence-corrected chi connectivity index (χ4v) is 2.56. The van der Waals surface area contributed by atoms with Gasteiger partial charge in [-0.05, 0) is 43.4 Å². The Hall–Kier alpha value is -2.85. The van der Waals surface area contributed by atoms with Crippen LogP contribution in [0.25, 0.3) is 0 Å². The molecule has 1 nitrogen and oxygen atoms in total. The lowest BCUT2D eigenvalue weighted by molar-refractivity contribution is 1.13. The highest BCUT2D eigenvalue weighted by atomic mass is 14.2. The molecule has 0 saturated heterocycles. The molecule has 3 aromatic rings. The summed E-state index contributed by atoms with van der Waals surface area (Å²) in [5, 5.41) is 8.36. The predicted octanol–water partition coefficient (Wildman–Crippen LogP) is 7.89. The number of nitriles is 1. The van der Waals surface area contributed by atoms with Crippen molar-refractivity contribution in [2.24, 2.45) is 0 Å². The third kappa shape index (κ3) is 13.0. The second kappa shape index (κ2) is 17.3. The highest BCUT2D eigenvalue weighted by Gasteiger charge is 1.89. The summed E-state index contributed by atoms with van der Waals surface area (Å²) in [6, 6.07) is 29.2. The number of aryl methyl sites for hydroxylation is 4. The monoisotopic (exact) mass is 387 g/mol. The first kappa shape index (κ1) is 26.1. The average Bonchev–Trinajstić information content (AvgIpc) is 2.77. The van der Waals surface area contributed by atoms with Gasteiger partial charge in [0.15, 0.2) is 0 Å². The summed E-state index contributed by atoms with van der Waals surface area (Å²) in [6.07, 6.45) is 2.80. The maximum Gasteiger partial charge on any atom is 0.0669 e. The molecule has 0 N–H and O–H groups in total. The van der Waals surface area contributed by atoms with Crippen molar-refractivity contribution in [1.82, 2.24) is 0 Å². The van der Waals surface area contributed by atoms with Crippen LogP contribution < -0.4 is 0 Å². The van der Waals surface area contributed by atoms with Gasteiger partial charge in [0, 0.05) is 0 Å². The largest absolute Gasteiger partial charge is 0.198 e. The zero-order chi connectivity index (χ0) is 21.9. The molecular weight excluding hydrogens is 350 g/mol. The number of hydrogen-bond donors (Lipinski definition) is 0. The molecule has 3 rings (SSSR count). The maximum absolute atomic E-state index is 8.36. The van der Waals surface area contributed by atoms with Crippen molar-refractivity contribution in [2.75, 3.05) is 0 Å². The van der Waals surface area contributed by atoms with Gasteiger partial charge >= 0.3 is 0 Å². The minimum atomic E-state index is 0.516. The molecule has 1 heteroatoms. The first-order valence-corrected chi connectivity index (χ1v) is 10.6. The Labute approximate surface area is 179 Å². The first-order valence-electron chi connectivity index (χ1n) is 10.6. The normalized spacial score (nSPS) is 8.72. The van der Waals surface area contributed by atoms with Gasteiger partial charge in [0.2, 0.25) is 0 Å². The summed E-state index contributed by atoms with van der Waals surface area (Å²) in [7, 11) is 0.